The van der Waals surface area contributed by atoms with E-state index in [1.54, 1.807) is 6.07 Å². The molecular formula is C16H13N5O3. The Kier molecular flexibility index (Phi) is 2.46. The molecule has 0 radical (unpaired) electrons. The zero-order chi connectivity index (χ0) is 16.4. The van der Waals surface area contributed by atoms with Crippen LogP contribution in [0.3, 0.4) is 0 Å². The number of H-pyrrole nitrogens is 2. The second-order valence-electron chi connectivity index (χ2n) is 6.13. The fraction of sp³-hybridized carbons (Fsp3) is 0.250. The van der Waals surface area contributed by atoms with Crippen molar-refractivity contribution in [3.63, 3.8) is 0 Å². The molecule has 0 spiro atoms. The van der Waals surface area contributed by atoms with Crippen molar-refractivity contribution < 1.29 is 9.42 Å². The summed E-state index contributed by atoms with van der Waals surface area (Å²) >= 11 is 0. The molecule has 1 aliphatic carbocycles. The van der Waals surface area contributed by atoms with Crippen molar-refractivity contribution in [2.24, 2.45) is 0 Å². The molecular weight excluding hydrogens is 310 g/mol. The number of nitrogens with zero attached hydrogens (tertiary/aromatic N) is 3. The first kappa shape index (κ1) is 13.3. The number of benzene rings is 1. The highest BCUT2D eigenvalue weighted by molar-refractivity contribution is 6.03. The van der Waals surface area contributed by atoms with Crippen LogP contribution >= 0.6 is 0 Å². The summed E-state index contributed by atoms with van der Waals surface area (Å²) in [5.74, 6) is 0.389. The quantitative estimate of drug-likeness (QED) is 0.701. The van der Waals surface area contributed by atoms with Crippen LogP contribution < -0.4 is 10.5 Å². The van der Waals surface area contributed by atoms with Crippen LogP contribution in [0, 0.1) is 0 Å². The van der Waals surface area contributed by atoms with Gasteiger partial charge in [-0.1, -0.05) is 6.07 Å². The number of anilines is 1. The SMILES string of the molecule is CN1C2=C(C(=O)CC2)C(c2ccc3nonc3c2)c2c1[nH][nH]c2=O. The Morgan fingerprint density at radius 2 is 2.00 bits per heavy atom. The molecule has 5 rings (SSSR count). The molecule has 0 saturated heterocycles. The number of aromatic amines is 2. The van der Waals surface area contributed by atoms with Crippen LogP contribution in [0.15, 0.2) is 38.9 Å². The molecule has 1 atom stereocenters. The van der Waals surface area contributed by atoms with Crippen molar-refractivity contribution in [2.75, 3.05) is 11.9 Å². The van der Waals surface area contributed by atoms with Gasteiger partial charge >= 0.3 is 0 Å². The Morgan fingerprint density at radius 1 is 1.17 bits per heavy atom. The van der Waals surface area contributed by atoms with E-state index in [-0.39, 0.29) is 11.3 Å². The average Bonchev–Trinajstić information content (AvgIpc) is 3.28. The molecule has 0 amide bonds. The Labute approximate surface area is 135 Å². The minimum atomic E-state index is -0.405. The lowest BCUT2D eigenvalue weighted by Gasteiger charge is -2.31. The number of carbonyl (C=O) groups excluding carboxylic acids is 1. The van der Waals surface area contributed by atoms with E-state index in [9.17, 15) is 9.59 Å². The summed E-state index contributed by atoms with van der Waals surface area (Å²) in [7, 11) is 1.87. The minimum Gasteiger partial charge on any atom is -0.333 e. The lowest BCUT2D eigenvalue weighted by Crippen LogP contribution is -2.29. The third-order valence-electron chi connectivity index (χ3n) is 4.92. The van der Waals surface area contributed by atoms with Crippen LogP contribution in [0.5, 0.6) is 0 Å². The van der Waals surface area contributed by atoms with Crippen LogP contribution in [-0.2, 0) is 4.79 Å². The molecule has 8 nitrogen and oxygen atoms in total. The number of ketones is 1. The molecule has 0 fully saturated rings. The van der Waals surface area contributed by atoms with E-state index >= 15 is 0 Å². The fourth-order valence-corrected chi connectivity index (χ4v) is 3.82. The zero-order valence-electron chi connectivity index (χ0n) is 12.8. The number of aromatic nitrogens is 4. The Morgan fingerprint density at radius 3 is 2.88 bits per heavy atom. The Balaban J connectivity index is 1.81. The maximum absolute atomic E-state index is 12.5. The molecule has 2 aliphatic rings. The van der Waals surface area contributed by atoms with Crippen molar-refractivity contribution in [1.82, 2.24) is 20.5 Å². The Hall–Kier alpha value is -3.16. The van der Waals surface area contributed by atoms with Gasteiger partial charge in [0, 0.05) is 30.7 Å². The summed E-state index contributed by atoms with van der Waals surface area (Å²) in [4.78, 5) is 26.9. The molecule has 8 heteroatoms. The highest BCUT2D eigenvalue weighted by atomic mass is 16.6. The number of rotatable bonds is 1. The maximum Gasteiger partial charge on any atom is 0.270 e. The predicted molar refractivity (Wildman–Crippen MR) is 84.7 cm³/mol. The summed E-state index contributed by atoms with van der Waals surface area (Å²) in [5, 5.41) is 13.2. The normalized spacial score (nSPS) is 20.0. The summed E-state index contributed by atoms with van der Waals surface area (Å²) < 4.78 is 4.75. The molecule has 1 unspecified atom stereocenters. The summed E-state index contributed by atoms with van der Waals surface area (Å²) in [5.41, 5.74) is 4.08. The zero-order valence-corrected chi connectivity index (χ0v) is 12.8. The first-order valence-electron chi connectivity index (χ1n) is 7.68. The van der Waals surface area contributed by atoms with Gasteiger partial charge in [0.05, 0.1) is 5.56 Å². The standard InChI is InChI=1S/C16H13N5O3/c1-21-10-4-5-11(22)13(10)12(14-15(21)17-18-16(14)23)7-2-3-8-9(6-7)20-24-19-8/h2-3,6,12H,4-5H2,1H3,(H2,17,18,23). The monoisotopic (exact) mass is 323 g/mol. The van der Waals surface area contributed by atoms with Crippen LogP contribution in [0.25, 0.3) is 11.0 Å². The lowest BCUT2D eigenvalue weighted by molar-refractivity contribution is -0.115. The molecule has 0 saturated carbocycles. The van der Waals surface area contributed by atoms with Gasteiger partial charge in [0.2, 0.25) is 0 Å². The molecule has 24 heavy (non-hydrogen) atoms. The number of carbonyl (C=O) groups is 1. The number of Topliss-reactive ketones (excluding diaryl/α,β-unsaturated/α-hetero) is 1. The van der Waals surface area contributed by atoms with E-state index in [0.717, 1.165) is 11.3 Å². The number of hydrogen-bond donors (Lipinski definition) is 2. The highest BCUT2D eigenvalue weighted by Gasteiger charge is 2.41. The van der Waals surface area contributed by atoms with Gasteiger partial charge in [-0.15, -0.1) is 0 Å². The van der Waals surface area contributed by atoms with Gasteiger partial charge in [-0.2, -0.15) is 0 Å². The molecule has 1 aliphatic heterocycles. The van der Waals surface area contributed by atoms with Gasteiger partial charge in [0.25, 0.3) is 5.56 Å². The highest BCUT2D eigenvalue weighted by Crippen LogP contribution is 2.46. The van der Waals surface area contributed by atoms with Gasteiger partial charge in [0.1, 0.15) is 16.9 Å². The van der Waals surface area contributed by atoms with E-state index < -0.39 is 5.92 Å². The topological polar surface area (TPSA) is 108 Å². The first-order valence-corrected chi connectivity index (χ1v) is 7.68. The van der Waals surface area contributed by atoms with Crippen molar-refractivity contribution in [3.8, 4) is 0 Å². The van der Waals surface area contributed by atoms with Gasteiger partial charge in [-0.25, -0.2) is 4.63 Å². The first-order chi connectivity index (χ1) is 11.6. The Bertz CT molecular complexity index is 1090. The molecule has 1 aromatic carbocycles. The van der Waals surface area contributed by atoms with E-state index in [0.29, 0.717) is 40.8 Å². The number of hydrogen-bond acceptors (Lipinski definition) is 6. The number of fused-ring (bicyclic) bond motifs is 2. The second-order valence-corrected chi connectivity index (χ2v) is 6.13. The van der Waals surface area contributed by atoms with Crippen LogP contribution in [0.1, 0.15) is 29.9 Å². The minimum absolute atomic E-state index is 0.0893. The third-order valence-corrected chi connectivity index (χ3v) is 4.92. The second kappa shape index (κ2) is 4.44. The van der Waals surface area contributed by atoms with E-state index in [1.807, 2.05) is 24.1 Å². The predicted octanol–water partition coefficient (Wildman–Crippen LogP) is 1.44. The molecule has 3 aromatic rings. The van der Waals surface area contributed by atoms with Gasteiger partial charge in [-0.3, -0.25) is 19.8 Å². The lowest BCUT2D eigenvalue weighted by atomic mass is 9.82. The smallest absolute Gasteiger partial charge is 0.270 e. The fourth-order valence-electron chi connectivity index (χ4n) is 3.82. The van der Waals surface area contributed by atoms with Gasteiger partial charge in [-0.05, 0) is 34.4 Å². The number of nitrogens with one attached hydrogen (secondary N) is 2. The summed E-state index contributed by atoms with van der Waals surface area (Å²) in [6.07, 6.45) is 1.16. The largest absolute Gasteiger partial charge is 0.333 e. The van der Waals surface area contributed by atoms with Crippen LogP contribution in [0.4, 0.5) is 5.82 Å². The molecule has 3 heterocycles. The van der Waals surface area contributed by atoms with Gasteiger partial charge < -0.3 is 4.90 Å². The van der Waals surface area contributed by atoms with Crippen molar-refractivity contribution in [2.45, 2.75) is 18.8 Å². The van der Waals surface area contributed by atoms with Gasteiger partial charge in [0.15, 0.2) is 5.78 Å². The summed E-state index contributed by atoms with van der Waals surface area (Å²) in [6, 6.07) is 5.49. The van der Waals surface area contributed by atoms with E-state index in [1.165, 1.54) is 0 Å². The van der Waals surface area contributed by atoms with Crippen molar-refractivity contribution in [3.05, 3.63) is 50.9 Å². The van der Waals surface area contributed by atoms with E-state index in [4.69, 9.17) is 4.63 Å². The maximum atomic E-state index is 12.5. The summed E-state index contributed by atoms with van der Waals surface area (Å²) in [6.45, 7) is 0. The van der Waals surface area contributed by atoms with Crippen LogP contribution in [-0.4, -0.2) is 33.3 Å². The van der Waals surface area contributed by atoms with E-state index in [2.05, 4.69) is 20.5 Å². The average molecular weight is 323 g/mol. The molecule has 2 N–H and O–H groups in total. The molecule has 2 aromatic heterocycles. The van der Waals surface area contributed by atoms with Crippen molar-refractivity contribution >= 4 is 22.6 Å². The molecule has 120 valence electrons. The van der Waals surface area contributed by atoms with Crippen molar-refractivity contribution in [1.29, 1.82) is 0 Å². The van der Waals surface area contributed by atoms with Crippen LogP contribution in [0.2, 0.25) is 0 Å². The molecule has 0 bridgehead atoms. The third kappa shape index (κ3) is 1.57. The number of allylic oxidation sites excluding steroid dienone is 2.